The first kappa shape index (κ1) is 15.1. The first-order chi connectivity index (χ1) is 9.66. The molecule has 1 atom stereocenters. The van der Waals surface area contributed by atoms with E-state index in [0.29, 0.717) is 19.5 Å². The molecule has 0 bridgehead atoms. The number of nitrogens with one attached hydrogen (secondary N) is 2. The number of carbonyl (C=O) groups excluding carboxylic acids is 1. The maximum absolute atomic E-state index is 11.7. The summed E-state index contributed by atoms with van der Waals surface area (Å²) in [6.45, 7) is 3.99. The van der Waals surface area contributed by atoms with Gasteiger partial charge in [-0.15, -0.1) is 0 Å². The van der Waals surface area contributed by atoms with Crippen molar-refractivity contribution in [3.63, 3.8) is 0 Å². The van der Waals surface area contributed by atoms with Crippen LogP contribution in [0.15, 0.2) is 18.2 Å². The van der Waals surface area contributed by atoms with E-state index < -0.39 is 0 Å². The van der Waals surface area contributed by atoms with E-state index in [9.17, 15) is 4.79 Å². The van der Waals surface area contributed by atoms with Gasteiger partial charge in [-0.3, -0.25) is 4.79 Å². The number of ether oxygens (including phenoxy) is 1. The minimum absolute atomic E-state index is 0.0488. The fourth-order valence-corrected chi connectivity index (χ4v) is 2.41. The van der Waals surface area contributed by atoms with Crippen molar-refractivity contribution in [2.45, 2.75) is 32.3 Å². The molecule has 2 N–H and O–H groups in total. The van der Waals surface area contributed by atoms with Crippen LogP contribution in [-0.2, 0) is 9.53 Å². The van der Waals surface area contributed by atoms with Crippen molar-refractivity contribution in [1.29, 1.82) is 0 Å². The standard InChI is InChI=1S/C15H21ClN2O2/c1-11-13(16)5-2-6-14(11)17-8-7-15(19)18-10-12-4-3-9-20-12/h2,5-6,12,17H,3-4,7-10H2,1H3,(H,18,19). The Hall–Kier alpha value is -1.26. The minimum Gasteiger partial charge on any atom is -0.384 e. The van der Waals surface area contributed by atoms with E-state index in [-0.39, 0.29) is 12.0 Å². The molecule has 4 nitrogen and oxygen atoms in total. The Balaban J connectivity index is 1.67. The van der Waals surface area contributed by atoms with Gasteiger partial charge in [0.05, 0.1) is 6.10 Å². The van der Waals surface area contributed by atoms with Crippen LogP contribution in [-0.4, -0.2) is 31.7 Å². The molecule has 20 heavy (non-hydrogen) atoms. The number of amides is 1. The van der Waals surface area contributed by atoms with Crippen molar-refractivity contribution in [1.82, 2.24) is 5.32 Å². The molecule has 110 valence electrons. The number of rotatable bonds is 6. The first-order valence-corrected chi connectivity index (χ1v) is 7.42. The zero-order chi connectivity index (χ0) is 14.4. The van der Waals surface area contributed by atoms with Gasteiger partial charge in [0.25, 0.3) is 0 Å². The third-order valence-electron chi connectivity index (χ3n) is 3.49. The molecule has 5 heteroatoms. The summed E-state index contributed by atoms with van der Waals surface area (Å²) in [5, 5.41) is 6.88. The first-order valence-electron chi connectivity index (χ1n) is 7.04. The molecule has 1 aliphatic rings. The van der Waals surface area contributed by atoms with Gasteiger partial charge in [-0.1, -0.05) is 17.7 Å². The van der Waals surface area contributed by atoms with Gasteiger partial charge in [-0.2, -0.15) is 0 Å². The molecule has 1 fully saturated rings. The zero-order valence-corrected chi connectivity index (χ0v) is 12.5. The maximum Gasteiger partial charge on any atom is 0.221 e. The fourth-order valence-electron chi connectivity index (χ4n) is 2.23. The highest BCUT2D eigenvalue weighted by atomic mass is 35.5. The molecule has 0 aliphatic carbocycles. The summed E-state index contributed by atoms with van der Waals surface area (Å²) in [5.41, 5.74) is 1.98. The Labute approximate surface area is 124 Å². The number of hydrogen-bond acceptors (Lipinski definition) is 3. The molecule has 1 heterocycles. The van der Waals surface area contributed by atoms with E-state index in [0.717, 1.165) is 35.7 Å². The number of hydrogen-bond donors (Lipinski definition) is 2. The molecule has 1 aromatic carbocycles. The second-order valence-corrected chi connectivity index (χ2v) is 5.44. The lowest BCUT2D eigenvalue weighted by molar-refractivity contribution is -0.121. The smallest absolute Gasteiger partial charge is 0.221 e. The fraction of sp³-hybridized carbons (Fsp3) is 0.533. The minimum atomic E-state index is 0.0488. The van der Waals surface area contributed by atoms with Crippen LogP contribution < -0.4 is 10.6 Å². The van der Waals surface area contributed by atoms with E-state index in [4.69, 9.17) is 16.3 Å². The molecule has 1 aromatic rings. The van der Waals surface area contributed by atoms with Crippen molar-refractivity contribution < 1.29 is 9.53 Å². The lowest BCUT2D eigenvalue weighted by Crippen LogP contribution is -2.32. The Bertz CT molecular complexity index is 459. The normalized spacial score (nSPS) is 18.0. The summed E-state index contributed by atoms with van der Waals surface area (Å²) in [6.07, 6.45) is 2.77. The van der Waals surface area contributed by atoms with Gasteiger partial charge in [0.2, 0.25) is 5.91 Å². The average molecular weight is 297 g/mol. The third kappa shape index (κ3) is 4.39. The summed E-state index contributed by atoms with van der Waals surface area (Å²) in [6, 6.07) is 5.72. The highest BCUT2D eigenvalue weighted by Gasteiger charge is 2.15. The van der Waals surface area contributed by atoms with Crippen LogP contribution in [0.2, 0.25) is 5.02 Å². The van der Waals surface area contributed by atoms with Crippen LogP contribution in [0.4, 0.5) is 5.69 Å². The topological polar surface area (TPSA) is 50.4 Å². The maximum atomic E-state index is 11.7. The summed E-state index contributed by atoms with van der Waals surface area (Å²) in [4.78, 5) is 11.7. The molecule has 2 rings (SSSR count). The predicted octanol–water partition coefficient (Wildman–Crippen LogP) is 2.75. The quantitative estimate of drug-likeness (QED) is 0.849. The monoisotopic (exact) mass is 296 g/mol. The van der Waals surface area contributed by atoms with Crippen LogP contribution in [0.3, 0.4) is 0 Å². The highest BCUT2D eigenvalue weighted by molar-refractivity contribution is 6.31. The molecule has 0 saturated carbocycles. The molecular formula is C15H21ClN2O2. The van der Waals surface area contributed by atoms with E-state index >= 15 is 0 Å². The van der Waals surface area contributed by atoms with E-state index in [2.05, 4.69) is 10.6 Å². The van der Waals surface area contributed by atoms with Gasteiger partial charge in [-0.25, -0.2) is 0 Å². The molecular weight excluding hydrogens is 276 g/mol. The number of anilines is 1. The van der Waals surface area contributed by atoms with Crippen molar-refractivity contribution in [3.8, 4) is 0 Å². The Morgan fingerprint density at radius 3 is 3.10 bits per heavy atom. The lowest BCUT2D eigenvalue weighted by Gasteiger charge is -2.12. The van der Waals surface area contributed by atoms with Crippen LogP contribution >= 0.6 is 11.6 Å². The van der Waals surface area contributed by atoms with Crippen molar-refractivity contribution >= 4 is 23.2 Å². The second-order valence-electron chi connectivity index (χ2n) is 5.03. The Morgan fingerprint density at radius 2 is 2.35 bits per heavy atom. The predicted molar refractivity (Wildman–Crippen MR) is 81.3 cm³/mol. The van der Waals surface area contributed by atoms with Gasteiger partial charge in [0, 0.05) is 36.8 Å². The number of carbonyl (C=O) groups is 1. The molecule has 0 aromatic heterocycles. The van der Waals surface area contributed by atoms with Crippen molar-refractivity contribution in [2.24, 2.45) is 0 Å². The van der Waals surface area contributed by atoms with Gasteiger partial charge in [0.15, 0.2) is 0 Å². The van der Waals surface area contributed by atoms with Gasteiger partial charge >= 0.3 is 0 Å². The van der Waals surface area contributed by atoms with Crippen LogP contribution in [0.25, 0.3) is 0 Å². The van der Waals surface area contributed by atoms with E-state index in [1.807, 2.05) is 25.1 Å². The van der Waals surface area contributed by atoms with E-state index in [1.54, 1.807) is 0 Å². The van der Waals surface area contributed by atoms with Gasteiger partial charge < -0.3 is 15.4 Å². The molecule has 1 unspecified atom stereocenters. The summed E-state index contributed by atoms with van der Waals surface area (Å²) >= 11 is 6.04. The Kier molecular flexibility index (Phi) is 5.68. The van der Waals surface area contributed by atoms with Crippen molar-refractivity contribution in [3.05, 3.63) is 28.8 Å². The summed E-state index contributed by atoms with van der Waals surface area (Å²) in [7, 11) is 0. The number of halogens is 1. The average Bonchev–Trinajstić information content (AvgIpc) is 2.94. The molecule has 0 spiro atoms. The van der Waals surface area contributed by atoms with Gasteiger partial charge in [0.1, 0.15) is 0 Å². The molecule has 1 saturated heterocycles. The largest absolute Gasteiger partial charge is 0.384 e. The Morgan fingerprint density at radius 1 is 1.50 bits per heavy atom. The van der Waals surface area contributed by atoms with E-state index in [1.165, 1.54) is 0 Å². The third-order valence-corrected chi connectivity index (χ3v) is 3.90. The number of benzene rings is 1. The molecule has 1 aliphatic heterocycles. The summed E-state index contributed by atoms with van der Waals surface area (Å²) < 4.78 is 5.46. The zero-order valence-electron chi connectivity index (χ0n) is 11.7. The van der Waals surface area contributed by atoms with Crippen LogP contribution in [0.1, 0.15) is 24.8 Å². The van der Waals surface area contributed by atoms with Crippen LogP contribution in [0, 0.1) is 6.92 Å². The van der Waals surface area contributed by atoms with Crippen LogP contribution in [0.5, 0.6) is 0 Å². The second kappa shape index (κ2) is 7.50. The van der Waals surface area contributed by atoms with Crippen molar-refractivity contribution in [2.75, 3.05) is 25.0 Å². The summed E-state index contributed by atoms with van der Waals surface area (Å²) in [5.74, 6) is 0.0488. The SMILES string of the molecule is Cc1c(Cl)cccc1NCCC(=O)NCC1CCCO1. The highest BCUT2D eigenvalue weighted by Crippen LogP contribution is 2.22. The van der Waals surface area contributed by atoms with Gasteiger partial charge in [-0.05, 0) is 37.5 Å². The molecule has 1 amide bonds. The lowest BCUT2D eigenvalue weighted by atomic mass is 10.2. The molecule has 0 radical (unpaired) electrons.